The Morgan fingerprint density at radius 1 is 0.971 bits per heavy atom. The molecule has 0 amide bonds. The van der Waals surface area contributed by atoms with Crippen molar-refractivity contribution in [1.29, 1.82) is 0 Å². The molecule has 4 rings (SSSR count). The van der Waals surface area contributed by atoms with Crippen LogP contribution in [0, 0.1) is 0 Å². The van der Waals surface area contributed by atoms with Crippen LogP contribution in [0.1, 0.15) is 0 Å². The van der Waals surface area contributed by atoms with Crippen molar-refractivity contribution in [3.63, 3.8) is 0 Å². The molecule has 0 saturated carbocycles. The second kappa shape index (κ2) is 8.83. The van der Waals surface area contributed by atoms with E-state index in [1.54, 1.807) is 24.3 Å². The van der Waals surface area contributed by atoms with Gasteiger partial charge < -0.3 is 49.3 Å². The third-order valence-corrected chi connectivity index (χ3v) is 5.36. The molecule has 1 aromatic heterocycles. The number of aliphatic carboxylic acids is 1. The summed E-state index contributed by atoms with van der Waals surface area (Å²) in [6.45, 7) is 0. The van der Waals surface area contributed by atoms with Gasteiger partial charge in [0.25, 0.3) is 0 Å². The third kappa shape index (κ3) is 3.99. The van der Waals surface area contributed by atoms with E-state index in [4.69, 9.17) is 23.7 Å². The zero-order chi connectivity index (χ0) is 24.7. The first kappa shape index (κ1) is 23.3. The fourth-order valence-corrected chi connectivity index (χ4v) is 3.53. The highest BCUT2D eigenvalue weighted by molar-refractivity contribution is 5.89. The Morgan fingerprint density at radius 2 is 1.65 bits per heavy atom. The number of aliphatic hydroxyl groups is 3. The van der Waals surface area contributed by atoms with E-state index in [1.165, 1.54) is 7.11 Å². The van der Waals surface area contributed by atoms with Gasteiger partial charge in [0, 0.05) is 17.7 Å². The molecule has 5 atom stereocenters. The first-order valence-corrected chi connectivity index (χ1v) is 9.88. The second-order valence-electron chi connectivity index (χ2n) is 7.50. The van der Waals surface area contributed by atoms with Crippen LogP contribution < -0.4 is 14.9 Å². The summed E-state index contributed by atoms with van der Waals surface area (Å²) in [6, 6.07) is 8.69. The number of carboxylic acids is 1. The number of rotatable bonds is 5. The molecule has 2 heterocycles. The second-order valence-corrected chi connectivity index (χ2v) is 7.50. The number of phenolic OH excluding ortho intramolecular Hbond substituents is 2. The number of aromatic hydroxyl groups is 2. The van der Waals surface area contributed by atoms with Crippen molar-refractivity contribution < 1.29 is 54.1 Å². The Balaban J connectivity index is 1.75. The molecular formula is C22H20O12. The summed E-state index contributed by atoms with van der Waals surface area (Å²) >= 11 is 0. The van der Waals surface area contributed by atoms with E-state index >= 15 is 0 Å². The van der Waals surface area contributed by atoms with Crippen molar-refractivity contribution in [1.82, 2.24) is 0 Å². The summed E-state index contributed by atoms with van der Waals surface area (Å²) in [5, 5.41) is 59.4. The molecule has 3 aromatic rings. The first-order chi connectivity index (χ1) is 16.1. The van der Waals surface area contributed by atoms with Gasteiger partial charge in [-0.3, -0.25) is 4.79 Å². The first-order valence-electron chi connectivity index (χ1n) is 9.88. The summed E-state index contributed by atoms with van der Waals surface area (Å²) in [7, 11) is 1.49. The smallest absolute Gasteiger partial charge is 0.335 e. The highest BCUT2D eigenvalue weighted by Gasteiger charge is 2.48. The lowest BCUT2D eigenvalue weighted by Gasteiger charge is -2.38. The van der Waals surface area contributed by atoms with Gasteiger partial charge in [-0.25, -0.2) is 4.79 Å². The molecule has 1 aliphatic heterocycles. The number of methoxy groups -OCH3 is 1. The highest BCUT2D eigenvalue weighted by atomic mass is 16.7. The summed E-state index contributed by atoms with van der Waals surface area (Å²) in [5.41, 5.74) is -0.378. The topological polar surface area (TPSA) is 196 Å². The van der Waals surface area contributed by atoms with E-state index in [0.717, 1.165) is 12.1 Å². The summed E-state index contributed by atoms with van der Waals surface area (Å²) < 4.78 is 21.1. The molecule has 0 bridgehead atoms. The number of phenols is 2. The Bertz CT molecular complexity index is 1280. The van der Waals surface area contributed by atoms with Crippen molar-refractivity contribution >= 4 is 16.9 Å². The van der Waals surface area contributed by atoms with Crippen LogP contribution in [0.5, 0.6) is 23.0 Å². The number of fused-ring (bicyclic) bond motifs is 1. The summed E-state index contributed by atoms with van der Waals surface area (Å²) in [4.78, 5) is 23.9. The SMILES string of the molecule is COc1ccc(-c2cc(=O)c3c(O)c(O)c(O[C@@H]4O[C@@H](C(=O)O)[C@H](O)[C@@H](O)[C@@H]4O)cc3o2)cc1. The van der Waals surface area contributed by atoms with Crippen LogP contribution in [0.15, 0.2) is 45.6 Å². The normalized spacial score (nSPS) is 24.6. The maximum Gasteiger partial charge on any atom is 0.335 e. The lowest BCUT2D eigenvalue weighted by atomic mass is 9.99. The summed E-state index contributed by atoms with van der Waals surface area (Å²) in [6.07, 6.45) is -9.62. The number of carboxylic acid groups (broad SMARTS) is 1. The van der Waals surface area contributed by atoms with Crippen LogP contribution in [-0.4, -0.2) is 74.4 Å². The average molecular weight is 476 g/mol. The molecule has 0 spiro atoms. The number of ether oxygens (including phenoxy) is 3. The van der Waals surface area contributed by atoms with Gasteiger partial charge in [0.1, 0.15) is 40.8 Å². The predicted octanol–water partition coefficient (Wildman–Crippen LogP) is 0.151. The van der Waals surface area contributed by atoms with E-state index in [9.17, 15) is 35.1 Å². The number of hydrogen-bond donors (Lipinski definition) is 6. The minimum Gasteiger partial charge on any atom is -0.504 e. The van der Waals surface area contributed by atoms with Gasteiger partial charge in [0.15, 0.2) is 23.0 Å². The zero-order valence-corrected chi connectivity index (χ0v) is 17.5. The number of hydrogen-bond acceptors (Lipinski definition) is 11. The highest BCUT2D eigenvalue weighted by Crippen LogP contribution is 2.42. The lowest BCUT2D eigenvalue weighted by Crippen LogP contribution is -2.61. The van der Waals surface area contributed by atoms with Gasteiger partial charge in [-0.1, -0.05) is 0 Å². The van der Waals surface area contributed by atoms with Crippen molar-refractivity contribution in [3.8, 4) is 34.3 Å². The standard InChI is InChI=1S/C22H20O12/c1-31-9-4-2-8(3-5-9)11-6-10(23)14-12(32-11)7-13(15(24)16(14)25)33-22-19(28)17(26)18(27)20(34-22)21(29)30/h2-7,17-20,22,24-28H,1H3,(H,29,30)/t17-,18-,19+,20-,22-/m1/s1. The van der Waals surface area contributed by atoms with Gasteiger partial charge >= 0.3 is 5.97 Å². The molecule has 0 radical (unpaired) electrons. The van der Waals surface area contributed by atoms with Crippen LogP contribution in [0.2, 0.25) is 0 Å². The Hall–Kier alpha value is -3.84. The van der Waals surface area contributed by atoms with Crippen molar-refractivity contribution in [2.24, 2.45) is 0 Å². The number of benzene rings is 2. The van der Waals surface area contributed by atoms with Gasteiger partial charge in [-0.05, 0) is 24.3 Å². The van der Waals surface area contributed by atoms with E-state index in [2.05, 4.69) is 0 Å². The third-order valence-electron chi connectivity index (χ3n) is 5.36. The minimum absolute atomic E-state index is 0.120. The van der Waals surface area contributed by atoms with Gasteiger partial charge in [-0.2, -0.15) is 0 Å². The molecule has 180 valence electrons. The van der Waals surface area contributed by atoms with Gasteiger partial charge in [-0.15, -0.1) is 0 Å². The summed E-state index contributed by atoms with van der Waals surface area (Å²) in [5.74, 6) is -3.29. The van der Waals surface area contributed by atoms with Crippen LogP contribution in [0.4, 0.5) is 0 Å². The Kier molecular flexibility index (Phi) is 6.06. The molecule has 1 saturated heterocycles. The van der Waals surface area contributed by atoms with Gasteiger partial charge in [0.2, 0.25) is 12.0 Å². The molecule has 12 nitrogen and oxygen atoms in total. The van der Waals surface area contributed by atoms with Crippen molar-refractivity contribution in [3.05, 3.63) is 46.6 Å². The van der Waals surface area contributed by atoms with E-state index < -0.39 is 59.4 Å². The van der Waals surface area contributed by atoms with Crippen molar-refractivity contribution in [2.75, 3.05) is 7.11 Å². The Labute approximate surface area is 190 Å². The Morgan fingerprint density at radius 3 is 2.26 bits per heavy atom. The number of aliphatic hydroxyl groups excluding tert-OH is 3. The molecule has 1 fully saturated rings. The predicted molar refractivity (Wildman–Crippen MR) is 113 cm³/mol. The van der Waals surface area contributed by atoms with E-state index in [-0.39, 0.29) is 16.7 Å². The average Bonchev–Trinajstić information content (AvgIpc) is 2.81. The molecule has 6 N–H and O–H groups in total. The maximum atomic E-state index is 12.6. The van der Waals surface area contributed by atoms with Crippen LogP contribution in [0.25, 0.3) is 22.3 Å². The number of carbonyl (C=O) groups is 1. The van der Waals surface area contributed by atoms with Crippen LogP contribution in [0.3, 0.4) is 0 Å². The van der Waals surface area contributed by atoms with Crippen LogP contribution >= 0.6 is 0 Å². The fourth-order valence-electron chi connectivity index (χ4n) is 3.53. The molecule has 1 aliphatic rings. The monoisotopic (exact) mass is 476 g/mol. The molecule has 0 unspecified atom stereocenters. The van der Waals surface area contributed by atoms with Gasteiger partial charge in [0.05, 0.1) is 7.11 Å². The van der Waals surface area contributed by atoms with E-state index in [0.29, 0.717) is 11.3 Å². The maximum absolute atomic E-state index is 12.6. The lowest BCUT2D eigenvalue weighted by molar-refractivity contribution is -0.271. The minimum atomic E-state index is -1.95. The molecule has 12 heteroatoms. The molecule has 0 aliphatic carbocycles. The van der Waals surface area contributed by atoms with Crippen molar-refractivity contribution in [2.45, 2.75) is 30.7 Å². The molecule has 34 heavy (non-hydrogen) atoms. The zero-order valence-electron chi connectivity index (χ0n) is 17.5. The van der Waals surface area contributed by atoms with E-state index in [1.807, 2.05) is 0 Å². The largest absolute Gasteiger partial charge is 0.504 e. The van der Waals surface area contributed by atoms with Crippen LogP contribution in [-0.2, 0) is 9.53 Å². The quantitative estimate of drug-likeness (QED) is 0.273. The molecular weight excluding hydrogens is 456 g/mol. The fraction of sp³-hybridized carbons (Fsp3) is 0.273. The molecule has 2 aromatic carbocycles.